The van der Waals surface area contributed by atoms with Gasteiger partial charge in [0.15, 0.2) is 5.96 Å². The minimum absolute atomic E-state index is 0. The van der Waals surface area contributed by atoms with E-state index in [1.807, 2.05) is 30.3 Å². The molecular formula is C18H29IN4O2. The second-order valence-electron chi connectivity index (χ2n) is 5.89. The smallest absolute Gasteiger partial charge is 0.220 e. The number of halogens is 1. The molecule has 0 atom stereocenters. The van der Waals surface area contributed by atoms with E-state index in [4.69, 9.17) is 4.74 Å². The largest absolute Gasteiger partial charge is 0.494 e. The van der Waals surface area contributed by atoms with Crippen molar-refractivity contribution in [3.8, 4) is 5.75 Å². The Morgan fingerprint density at radius 2 is 1.84 bits per heavy atom. The van der Waals surface area contributed by atoms with E-state index >= 15 is 0 Å². The van der Waals surface area contributed by atoms with Crippen molar-refractivity contribution in [3.63, 3.8) is 0 Å². The first kappa shape index (κ1) is 21.5. The van der Waals surface area contributed by atoms with E-state index in [-0.39, 0.29) is 29.9 Å². The number of hydrogen-bond donors (Lipinski definition) is 3. The number of amides is 1. The molecule has 25 heavy (non-hydrogen) atoms. The summed E-state index contributed by atoms with van der Waals surface area (Å²) in [4.78, 5) is 15.7. The Kier molecular flexibility index (Phi) is 11.0. The maximum absolute atomic E-state index is 11.6. The fourth-order valence-electron chi connectivity index (χ4n) is 2.19. The number of ether oxygens (including phenoxy) is 1. The molecule has 0 spiro atoms. The van der Waals surface area contributed by atoms with E-state index in [0.29, 0.717) is 19.1 Å². The molecule has 1 saturated carbocycles. The zero-order valence-corrected chi connectivity index (χ0v) is 17.1. The van der Waals surface area contributed by atoms with Gasteiger partial charge in [-0.15, -0.1) is 24.0 Å². The van der Waals surface area contributed by atoms with Gasteiger partial charge in [-0.1, -0.05) is 18.2 Å². The molecule has 1 aliphatic rings. The highest BCUT2D eigenvalue weighted by Crippen LogP contribution is 2.18. The number of carbonyl (C=O) groups is 1. The van der Waals surface area contributed by atoms with E-state index in [9.17, 15) is 4.79 Å². The summed E-state index contributed by atoms with van der Waals surface area (Å²) in [7, 11) is 1.75. The molecular weight excluding hydrogens is 431 g/mol. The van der Waals surface area contributed by atoms with Crippen LogP contribution < -0.4 is 20.7 Å². The average molecular weight is 460 g/mol. The van der Waals surface area contributed by atoms with E-state index in [2.05, 4.69) is 20.9 Å². The molecule has 1 aliphatic carbocycles. The number of aliphatic imine (C=N–C) groups is 1. The van der Waals surface area contributed by atoms with Gasteiger partial charge in [0.1, 0.15) is 5.75 Å². The fraction of sp³-hybridized carbons (Fsp3) is 0.556. The average Bonchev–Trinajstić information content (AvgIpc) is 3.41. The second kappa shape index (κ2) is 12.8. The lowest BCUT2D eigenvalue weighted by molar-refractivity contribution is -0.121. The highest BCUT2D eigenvalue weighted by atomic mass is 127. The molecule has 0 heterocycles. The summed E-state index contributed by atoms with van der Waals surface area (Å²) in [5.74, 6) is 1.81. The van der Waals surface area contributed by atoms with E-state index in [0.717, 1.165) is 50.5 Å². The number of hydrogen-bond acceptors (Lipinski definition) is 3. The SMILES string of the molecule is CN=C(NCCCOc1ccccc1)NCCCC(=O)NC1CC1.I. The molecule has 0 unspecified atom stereocenters. The van der Waals surface area contributed by atoms with Crippen LogP contribution in [0.25, 0.3) is 0 Å². The molecule has 0 saturated heterocycles. The molecule has 0 aromatic heterocycles. The number of para-hydroxylation sites is 1. The third-order valence-electron chi connectivity index (χ3n) is 3.66. The van der Waals surface area contributed by atoms with Crippen LogP contribution in [-0.4, -0.2) is 44.7 Å². The van der Waals surface area contributed by atoms with Crippen LogP contribution in [0, 0.1) is 0 Å². The Hall–Kier alpha value is -1.51. The molecule has 140 valence electrons. The van der Waals surface area contributed by atoms with Gasteiger partial charge >= 0.3 is 0 Å². The monoisotopic (exact) mass is 460 g/mol. The van der Waals surface area contributed by atoms with Crippen molar-refractivity contribution < 1.29 is 9.53 Å². The Balaban J connectivity index is 0.00000312. The van der Waals surface area contributed by atoms with Gasteiger partial charge in [0, 0.05) is 32.6 Å². The summed E-state index contributed by atoms with van der Waals surface area (Å²) in [5.41, 5.74) is 0. The lowest BCUT2D eigenvalue weighted by Crippen LogP contribution is -2.39. The van der Waals surface area contributed by atoms with Gasteiger partial charge in [0.05, 0.1) is 6.61 Å². The zero-order valence-electron chi connectivity index (χ0n) is 14.8. The van der Waals surface area contributed by atoms with Crippen LogP contribution in [0.3, 0.4) is 0 Å². The molecule has 0 aliphatic heterocycles. The summed E-state index contributed by atoms with van der Waals surface area (Å²) >= 11 is 0. The van der Waals surface area contributed by atoms with Gasteiger partial charge in [0.25, 0.3) is 0 Å². The van der Waals surface area contributed by atoms with Crippen LogP contribution in [-0.2, 0) is 4.79 Å². The van der Waals surface area contributed by atoms with Crippen LogP contribution in [0.15, 0.2) is 35.3 Å². The van der Waals surface area contributed by atoms with Crippen molar-refractivity contribution in [1.82, 2.24) is 16.0 Å². The van der Waals surface area contributed by atoms with Crippen LogP contribution in [0.5, 0.6) is 5.75 Å². The van der Waals surface area contributed by atoms with Crippen molar-refractivity contribution in [3.05, 3.63) is 30.3 Å². The van der Waals surface area contributed by atoms with Crippen molar-refractivity contribution in [2.75, 3.05) is 26.7 Å². The third kappa shape index (κ3) is 10.2. The van der Waals surface area contributed by atoms with Crippen LogP contribution in [0.4, 0.5) is 0 Å². The Labute approximate surface area is 167 Å². The first-order chi connectivity index (χ1) is 11.8. The molecule has 0 bridgehead atoms. The van der Waals surface area contributed by atoms with E-state index in [1.165, 1.54) is 0 Å². The first-order valence-electron chi connectivity index (χ1n) is 8.69. The Morgan fingerprint density at radius 3 is 2.48 bits per heavy atom. The molecule has 1 amide bonds. The minimum Gasteiger partial charge on any atom is -0.494 e. The summed E-state index contributed by atoms with van der Waals surface area (Å²) < 4.78 is 5.64. The van der Waals surface area contributed by atoms with E-state index in [1.54, 1.807) is 7.05 Å². The normalized spacial score (nSPS) is 13.6. The number of benzene rings is 1. The summed E-state index contributed by atoms with van der Waals surface area (Å²) in [6.45, 7) is 2.18. The van der Waals surface area contributed by atoms with Gasteiger partial charge in [-0.3, -0.25) is 9.79 Å². The minimum atomic E-state index is 0. The molecule has 1 aromatic carbocycles. The van der Waals surface area contributed by atoms with E-state index < -0.39 is 0 Å². The molecule has 7 heteroatoms. The standard InChI is InChI=1S/C18H28N4O2.HI/c1-19-18(20-12-5-9-17(23)22-15-10-11-15)21-13-6-14-24-16-7-3-2-4-8-16;/h2-4,7-8,15H,5-6,9-14H2,1H3,(H,22,23)(H2,19,20,21);1H. The van der Waals surface area contributed by atoms with Gasteiger partial charge in [-0.25, -0.2) is 0 Å². The number of carbonyl (C=O) groups excluding carboxylic acids is 1. The van der Waals surface area contributed by atoms with Crippen LogP contribution in [0.2, 0.25) is 0 Å². The Bertz CT molecular complexity index is 521. The number of rotatable bonds is 10. The zero-order chi connectivity index (χ0) is 17.0. The second-order valence-corrected chi connectivity index (χ2v) is 5.89. The van der Waals surface area contributed by atoms with Gasteiger partial charge < -0.3 is 20.7 Å². The van der Waals surface area contributed by atoms with Gasteiger partial charge in [0.2, 0.25) is 5.91 Å². The molecule has 1 fully saturated rings. The quantitative estimate of drug-likeness (QED) is 0.217. The first-order valence-corrected chi connectivity index (χ1v) is 8.69. The highest BCUT2D eigenvalue weighted by Gasteiger charge is 2.22. The summed E-state index contributed by atoms with van der Waals surface area (Å²) in [5, 5.41) is 9.46. The van der Waals surface area contributed by atoms with Gasteiger partial charge in [-0.05, 0) is 37.8 Å². The maximum Gasteiger partial charge on any atom is 0.220 e. The summed E-state index contributed by atoms with van der Waals surface area (Å²) in [6, 6.07) is 10.2. The van der Waals surface area contributed by atoms with Crippen LogP contribution in [0.1, 0.15) is 32.1 Å². The molecule has 0 radical (unpaired) electrons. The van der Waals surface area contributed by atoms with Gasteiger partial charge in [-0.2, -0.15) is 0 Å². The molecule has 2 rings (SSSR count). The molecule has 3 N–H and O–H groups in total. The lowest BCUT2D eigenvalue weighted by atomic mass is 10.3. The number of nitrogens with zero attached hydrogens (tertiary/aromatic N) is 1. The topological polar surface area (TPSA) is 74.8 Å². The van der Waals surface area contributed by atoms with Crippen molar-refractivity contribution in [2.24, 2.45) is 4.99 Å². The van der Waals surface area contributed by atoms with Crippen molar-refractivity contribution >= 4 is 35.8 Å². The Morgan fingerprint density at radius 1 is 1.16 bits per heavy atom. The molecule has 1 aromatic rings. The third-order valence-corrected chi connectivity index (χ3v) is 3.66. The predicted molar refractivity (Wildman–Crippen MR) is 112 cm³/mol. The summed E-state index contributed by atoms with van der Waals surface area (Å²) in [6.07, 6.45) is 4.52. The van der Waals surface area contributed by atoms with Crippen molar-refractivity contribution in [1.29, 1.82) is 0 Å². The number of nitrogens with one attached hydrogen (secondary N) is 3. The fourth-order valence-corrected chi connectivity index (χ4v) is 2.19. The van der Waals surface area contributed by atoms with Crippen molar-refractivity contribution in [2.45, 2.75) is 38.1 Å². The lowest BCUT2D eigenvalue weighted by Gasteiger charge is -2.12. The number of guanidine groups is 1. The predicted octanol–water partition coefficient (Wildman–Crippen LogP) is 2.30. The molecule has 6 nitrogen and oxygen atoms in total. The maximum atomic E-state index is 11.6. The van der Waals surface area contributed by atoms with Crippen LogP contribution >= 0.6 is 24.0 Å². The highest BCUT2D eigenvalue weighted by molar-refractivity contribution is 14.0.